The molecule has 1 aliphatic rings. The van der Waals surface area contributed by atoms with Crippen LogP contribution < -0.4 is 0 Å². The summed E-state index contributed by atoms with van der Waals surface area (Å²) in [7, 11) is 0. The SMILES string of the molecule is N#CSc1cc(F)c(C#Cc2ccc(C3=CCCCC3)cc2)c(F)c1. The fraction of sp³-hybridized carbons (Fsp3) is 0.190. The quantitative estimate of drug-likeness (QED) is 0.382. The molecule has 25 heavy (non-hydrogen) atoms. The van der Waals surface area contributed by atoms with Crippen molar-refractivity contribution >= 4 is 17.3 Å². The van der Waals surface area contributed by atoms with E-state index in [9.17, 15) is 8.78 Å². The highest BCUT2D eigenvalue weighted by Crippen LogP contribution is 2.27. The molecule has 0 spiro atoms. The van der Waals surface area contributed by atoms with Gasteiger partial charge >= 0.3 is 0 Å². The van der Waals surface area contributed by atoms with Crippen LogP contribution in [0, 0.1) is 34.1 Å². The topological polar surface area (TPSA) is 23.8 Å². The first kappa shape index (κ1) is 17.3. The fourth-order valence-electron chi connectivity index (χ4n) is 2.78. The summed E-state index contributed by atoms with van der Waals surface area (Å²) in [6, 6.07) is 9.99. The molecule has 2 aromatic rings. The molecule has 0 saturated heterocycles. The molecule has 0 bridgehead atoms. The van der Waals surface area contributed by atoms with Gasteiger partial charge in [-0.25, -0.2) is 8.78 Å². The van der Waals surface area contributed by atoms with Crippen LogP contribution in [-0.4, -0.2) is 0 Å². The maximum Gasteiger partial charge on any atom is 0.142 e. The first-order valence-corrected chi connectivity index (χ1v) is 8.85. The van der Waals surface area contributed by atoms with E-state index in [2.05, 4.69) is 17.9 Å². The second kappa shape index (κ2) is 8.01. The van der Waals surface area contributed by atoms with Gasteiger partial charge in [-0.1, -0.05) is 30.0 Å². The fourth-order valence-corrected chi connectivity index (χ4v) is 3.21. The largest absolute Gasteiger partial charge is 0.205 e. The van der Waals surface area contributed by atoms with Gasteiger partial charge in [0.1, 0.15) is 17.0 Å². The number of halogens is 2. The van der Waals surface area contributed by atoms with Crippen LogP contribution in [0.25, 0.3) is 5.57 Å². The molecule has 124 valence electrons. The van der Waals surface area contributed by atoms with Gasteiger partial charge in [-0.15, -0.1) is 0 Å². The smallest absolute Gasteiger partial charge is 0.142 e. The number of nitriles is 1. The van der Waals surface area contributed by atoms with Crippen LogP contribution >= 0.6 is 11.8 Å². The molecule has 0 fully saturated rings. The van der Waals surface area contributed by atoms with Crippen LogP contribution in [0.1, 0.15) is 42.4 Å². The van der Waals surface area contributed by atoms with Gasteiger partial charge in [-0.2, -0.15) is 5.26 Å². The summed E-state index contributed by atoms with van der Waals surface area (Å²) in [4.78, 5) is 0.230. The normalized spacial score (nSPS) is 13.4. The minimum absolute atomic E-state index is 0.230. The van der Waals surface area contributed by atoms with E-state index in [0.717, 1.165) is 25.0 Å². The van der Waals surface area contributed by atoms with Crippen molar-refractivity contribution in [3.8, 4) is 17.2 Å². The van der Waals surface area contributed by atoms with Gasteiger partial charge in [0, 0.05) is 10.5 Å². The molecule has 0 amide bonds. The van der Waals surface area contributed by atoms with Crippen molar-refractivity contribution in [1.29, 1.82) is 5.26 Å². The second-order valence-electron chi connectivity index (χ2n) is 5.76. The van der Waals surface area contributed by atoms with E-state index in [1.807, 2.05) is 24.3 Å². The number of thioether (sulfide) groups is 1. The van der Waals surface area contributed by atoms with Crippen LogP contribution in [0.15, 0.2) is 47.4 Å². The predicted octanol–water partition coefficient (Wildman–Crippen LogP) is 5.90. The summed E-state index contributed by atoms with van der Waals surface area (Å²) >= 11 is 0.714. The van der Waals surface area contributed by atoms with Crippen molar-refractivity contribution in [3.05, 3.63) is 70.8 Å². The summed E-state index contributed by atoms with van der Waals surface area (Å²) in [5.74, 6) is 3.85. The van der Waals surface area contributed by atoms with Crippen molar-refractivity contribution in [2.45, 2.75) is 30.6 Å². The van der Waals surface area contributed by atoms with E-state index in [-0.39, 0.29) is 10.5 Å². The summed E-state index contributed by atoms with van der Waals surface area (Å²) in [5, 5.41) is 10.4. The number of nitrogens with zero attached hydrogens (tertiary/aromatic N) is 1. The molecule has 0 radical (unpaired) electrons. The molecule has 4 heteroatoms. The Morgan fingerprint density at radius 1 is 0.960 bits per heavy atom. The van der Waals surface area contributed by atoms with Gasteiger partial charge in [0.2, 0.25) is 0 Å². The Kier molecular flexibility index (Phi) is 5.53. The monoisotopic (exact) mass is 351 g/mol. The highest BCUT2D eigenvalue weighted by atomic mass is 32.2. The van der Waals surface area contributed by atoms with Gasteiger partial charge in [0.25, 0.3) is 0 Å². The van der Waals surface area contributed by atoms with Gasteiger partial charge in [0.15, 0.2) is 0 Å². The van der Waals surface area contributed by atoms with Gasteiger partial charge in [-0.05, 0) is 72.8 Å². The van der Waals surface area contributed by atoms with Crippen molar-refractivity contribution in [2.75, 3.05) is 0 Å². The van der Waals surface area contributed by atoms with Crippen molar-refractivity contribution in [1.82, 2.24) is 0 Å². The summed E-state index contributed by atoms with van der Waals surface area (Å²) in [5.41, 5.74) is 2.96. The molecule has 0 aromatic heterocycles. The van der Waals surface area contributed by atoms with E-state index < -0.39 is 11.6 Å². The van der Waals surface area contributed by atoms with Gasteiger partial charge < -0.3 is 0 Å². The zero-order valence-electron chi connectivity index (χ0n) is 13.5. The van der Waals surface area contributed by atoms with Crippen molar-refractivity contribution < 1.29 is 8.78 Å². The van der Waals surface area contributed by atoms with Gasteiger partial charge in [0.05, 0.1) is 5.56 Å². The van der Waals surface area contributed by atoms with E-state index in [4.69, 9.17) is 5.26 Å². The maximum absolute atomic E-state index is 14.0. The molecule has 0 saturated carbocycles. The lowest BCUT2D eigenvalue weighted by Gasteiger charge is -2.12. The zero-order valence-corrected chi connectivity index (χ0v) is 14.3. The minimum Gasteiger partial charge on any atom is -0.205 e. The second-order valence-corrected chi connectivity index (χ2v) is 6.62. The Morgan fingerprint density at radius 3 is 2.28 bits per heavy atom. The van der Waals surface area contributed by atoms with E-state index >= 15 is 0 Å². The third-order valence-electron chi connectivity index (χ3n) is 4.06. The first-order valence-electron chi connectivity index (χ1n) is 8.04. The molecular formula is C21H15F2NS. The van der Waals surface area contributed by atoms with E-state index in [0.29, 0.717) is 17.3 Å². The minimum atomic E-state index is -0.755. The number of hydrogen-bond acceptors (Lipinski definition) is 2. The average molecular weight is 351 g/mol. The Bertz CT molecular complexity index is 889. The van der Waals surface area contributed by atoms with Crippen LogP contribution in [0.5, 0.6) is 0 Å². The van der Waals surface area contributed by atoms with E-state index in [1.165, 1.54) is 24.0 Å². The number of hydrogen-bond donors (Lipinski definition) is 0. The maximum atomic E-state index is 14.0. The Morgan fingerprint density at radius 2 is 1.68 bits per heavy atom. The number of benzene rings is 2. The van der Waals surface area contributed by atoms with Crippen LogP contribution in [-0.2, 0) is 0 Å². The molecule has 1 aliphatic carbocycles. The van der Waals surface area contributed by atoms with Gasteiger partial charge in [-0.3, -0.25) is 0 Å². The highest BCUT2D eigenvalue weighted by molar-refractivity contribution is 8.03. The summed E-state index contributed by atoms with van der Waals surface area (Å²) < 4.78 is 27.9. The number of thiocyanates is 1. The molecule has 3 rings (SSSR count). The Balaban J connectivity index is 1.82. The zero-order chi connectivity index (χ0) is 17.6. The molecule has 0 heterocycles. The molecule has 0 atom stereocenters. The third-order valence-corrected chi connectivity index (χ3v) is 4.62. The molecule has 0 unspecified atom stereocenters. The average Bonchev–Trinajstić information content (AvgIpc) is 2.62. The van der Waals surface area contributed by atoms with Crippen LogP contribution in [0.4, 0.5) is 8.78 Å². The highest BCUT2D eigenvalue weighted by Gasteiger charge is 2.10. The standard InChI is InChI=1S/C21H15F2NS/c22-20-12-18(25-14-24)13-21(23)19(20)11-8-15-6-9-17(10-7-15)16-4-2-1-3-5-16/h4,6-7,9-10,12-13H,1-3,5H2. The Labute approximate surface area is 150 Å². The molecule has 0 aliphatic heterocycles. The lowest BCUT2D eigenvalue weighted by Crippen LogP contribution is -1.92. The lowest BCUT2D eigenvalue weighted by molar-refractivity contribution is 0.572. The van der Waals surface area contributed by atoms with Crippen molar-refractivity contribution in [3.63, 3.8) is 0 Å². The molecule has 0 N–H and O–H groups in total. The molecular weight excluding hydrogens is 336 g/mol. The summed E-state index contributed by atoms with van der Waals surface area (Å²) in [6.07, 6.45) is 6.95. The number of allylic oxidation sites excluding steroid dienone is 2. The predicted molar refractivity (Wildman–Crippen MR) is 96.7 cm³/mol. The summed E-state index contributed by atoms with van der Waals surface area (Å²) in [6.45, 7) is 0. The first-order chi connectivity index (χ1) is 12.2. The lowest BCUT2D eigenvalue weighted by atomic mass is 9.93. The number of rotatable bonds is 2. The molecule has 1 nitrogen and oxygen atoms in total. The van der Waals surface area contributed by atoms with Crippen LogP contribution in [0.2, 0.25) is 0 Å². The van der Waals surface area contributed by atoms with E-state index in [1.54, 1.807) is 5.40 Å². The third kappa shape index (κ3) is 4.29. The van der Waals surface area contributed by atoms with Crippen LogP contribution in [0.3, 0.4) is 0 Å². The Hall–Kier alpha value is -2.56. The van der Waals surface area contributed by atoms with Crippen molar-refractivity contribution in [2.24, 2.45) is 0 Å². The molecule has 2 aromatic carbocycles.